The van der Waals surface area contributed by atoms with E-state index in [0.717, 1.165) is 49.3 Å². The normalized spacial score (nSPS) is 18.9. The van der Waals surface area contributed by atoms with Crippen LogP contribution in [0, 0.1) is 23.0 Å². The molecule has 188 valence electrons. The number of pyridine rings is 1. The maximum absolute atomic E-state index is 16.4. The van der Waals surface area contributed by atoms with Crippen molar-refractivity contribution in [2.75, 3.05) is 36.8 Å². The van der Waals surface area contributed by atoms with Gasteiger partial charge in [-0.25, -0.2) is 18.7 Å². The number of nitrogens with two attached hydrogens (primary N) is 1. The molecule has 0 radical (unpaired) electrons. The monoisotopic (exact) mass is 519 g/mol. The van der Waals surface area contributed by atoms with Gasteiger partial charge in [0.1, 0.15) is 16.6 Å². The number of hydrogen-bond donors (Lipinski definition) is 1. The van der Waals surface area contributed by atoms with E-state index >= 15 is 4.39 Å². The summed E-state index contributed by atoms with van der Waals surface area (Å²) in [4.78, 5) is 18.1. The maximum atomic E-state index is 16.4. The molecule has 3 aliphatic rings. The zero-order valence-corrected chi connectivity index (χ0v) is 21.0. The van der Waals surface area contributed by atoms with E-state index in [1.54, 1.807) is 6.20 Å². The van der Waals surface area contributed by atoms with Crippen molar-refractivity contribution in [2.45, 2.75) is 38.5 Å². The summed E-state index contributed by atoms with van der Waals surface area (Å²) in [6.45, 7) is 6.46. The highest BCUT2D eigenvalue weighted by Crippen LogP contribution is 2.45. The maximum Gasteiger partial charge on any atom is 0.226 e. The Morgan fingerprint density at radius 3 is 2.65 bits per heavy atom. The van der Waals surface area contributed by atoms with Gasteiger partial charge < -0.3 is 15.4 Å². The van der Waals surface area contributed by atoms with Gasteiger partial charge in [-0.1, -0.05) is 0 Å². The summed E-state index contributed by atoms with van der Waals surface area (Å²) in [6.07, 6.45) is 5.15. The fourth-order valence-electron chi connectivity index (χ4n) is 6.07. The Morgan fingerprint density at radius 1 is 1.14 bits per heavy atom. The average Bonchev–Trinajstić information content (AvgIpc) is 3.63. The number of thiophene rings is 1. The first-order chi connectivity index (χ1) is 17.9. The van der Waals surface area contributed by atoms with Crippen LogP contribution in [0.4, 0.5) is 19.7 Å². The summed E-state index contributed by atoms with van der Waals surface area (Å²) in [7, 11) is 0. The molecule has 37 heavy (non-hydrogen) atoms. The predicted octanol–water partition coefficient (Wildman–Crippen LogP) is 4.34. The molecule has 6 heterocycles. The summed E-state index contributed by atoms with van der Waals surface area (Å²) >= 11 is 0.959. The van der Waals surface area contributed by atoms with Crippen molar-refractivity contribution in [3.8, 4) is 17.3 Å². The van der Waals surface area contributed by atoms with E-state index in [1.165, 1.54) is 12.8 Å². The van der Waals surface area contributed by atoms with Crippen molar-refractivity contribution in [1.82, 2.24) is 19.9 Å². The van der Waals surface area contributed by atoms with Crippen molar-refractivity contribution in [2.24, 2.45) is 0 Å². The van der Waals surface area contributed by atoms with Crippen LogP contribution in [0.3, 0.4) is 0 Å². The number of anilines is 2. The molecular weight excluding hydrogens is 496 g/mol. The molecule has 3 aromatic heterocycles. The van der Waals surface area contributed by atoms with Crippen molar-refractivity contribution < 1.29 is 13.5 Å². The highest BCUT2D eigenvalue weighted by Gasteiger charge is 2.45. The van der Waals surface area contributed by atoms with Gasteiger partial charge in [0, 0.05) is 35.6 Å². The lowest BCUT2D eigenvalue weighted by atomic mass is 9.90. The van der Waals surface area contributed by atoms with E-state index in [9.17, 15) is 9.65 Å². The average molecular weight is 520 g/mol. The standard InChI is InChI=1S/C26H23F2N7OS/c1-26(35-4-2-3-5-35)11-34(12-26)25-32-7-14-15-9-36-10-16(15)18(20(28)21(14)33-25)22-19-13(6-29)24(30)37-23(19)17(27)8-31-22/h7-8H,2-5,9-12,30H2,1H3. The van der Waals surface area contributed by atoms with Gasteiger partial charge in [0.05, 0.1) is 40.9 Å². The molecule has 0 aliphatic carbocycles. The number of ether oxygens (including phenoxy) is 1. The Labute approximate surface area is 215 Å². The van der Waals surface area contributed by atoms with Crippen molar-refractivity contribution in [3.63, 3.8) is 0 Å². The number of nitriles is 1. The smallest absolute Gasteiger partial charge is 0.226 e. The molecule has 8 nitrogen and oxygen atoms in total. The summed E-state index contributed by atoms with van der Waals surface area (Å²) in [5, 5.41) is 10.7. The molecule has 0 atom stereocenters. The first-order valence-electron chi connectivity index (χ1n) is 12.2. The summed E-state index contributed by atoms with van der Waals surface area (Å²) < 4.78 is 36.9. The molecule has 0 bridgehead atoms. The van der Waals surface area contributed by atoms with Crippen LogP contribution >= 0.6 is 11.3 Å². The summed E-state index contributed by atoms with van der Waals surface area (Å²) in [5.41, 5.74) is 8.09. The molecule has 0 unspecified atom stereocenters. The third kappa shape index (κ3) is 3.19. The molecule has 0 amide bonds. The van der Waals surface area contributed by atoms with Crippen molar-refractivity contribution in [3.05, 3.63) is 40.7 Å². The SMILES string of the molecule is CC1(N2CCCC2)CN(c2ncc3c4c(c(-c5ncc(F)c6sc(N)c(C#N)c56)c(F)c3n2)COC4)C1. The number of fused-ring (bicyclic) bond motifs is 4. The summed E-state index contributed by atoms with van der Waals surface area (Å²) in [5.74, 6) is -0.711. The van der Waals surface area contributed by atoms with Crippen molar-refractivity contribution >= 4 is 43.3 Å². The molecule has 2 saturated heterocycles. The fourth-order valence-corrected chi connectivity index (χ4v) is 6.99. The number of nitrogen functional groups attached to an aromatic ring is 1. The van der Waals surface area contributed by atoms with Crippen LogP contribution in [0.2, 0.25) is 0 Å². The Bertz CT molecular complexity index is 1650. The number of aromatic nitrogens is 3. The Kier molecular flexibility index (Phi) is 4.92. The first-order valence-corrected chi connectivity index (χ1v) is 13.1. The van der Waals surface area contributed by atoms with Crippen molar-refractivity contribution in [1.29, 1.82) is 5.26 Å². The number of rotatable bonds is 3. The van der Waals surface area contributed by atoms with Crippen LogP contribution in [0.25, 0.3) is 32.2 Å². The van der Waals surface area contributed by atoms with Gasteiger partial charge in [-0.2, -0.15) is 5.26 Å². The zero-order valence-electron chi connectivity index (χ0n) is 20.1. The van der Waals surface area contributed by atoms with Crippen LogP contribution in [0.5, 0.6) is 0 Å². The molecule has 1 aromatic carbocycles. The van der Waals surface area contributed by atoms with Gasteiger partial charge in [0.25, 0.3) is 0 Å². The molecule has 11 heteroatoms. The fraction of sp³-hybridized carbons (Fsp3) is 0.385. The quantitative estimate of drug-likeness (QED) is 0.426. The van der Waals surface area contributed by atoms with Crippen LogP contribution in [-0.2, 0) is 18.0 Å². The highest BCUT2D eigenvalue weighted by atomic mass is 32.1. The van der Waals surface area contributed by atoms with Crippen LogP contribution in [0.15, 0.2) is 12.4 Å². The molecular formula is C26H23F2N7OS. The second kappa shape index (κ2) is 8.02. The summed E-state index contributed by atoms with van der Waals surface area (Å²) in [6, 6.07) is 2.04. The second-order valence-corrected chi connectivity index (χ2v) is 11.3. The van der Waals surface area contributed by atoms with E-state index in [1.807, 2.05) is 6.07 Å². The molecule has 4 aromatic rings. The molecule has 2 fully saturated rings. The van der Waals surface area contributed by atoms with E-state index < -0.39 is 11.6 Å². The molecule has 2 N–H and O–H groups in total. The Balaban J connectivity index is 1.39. The predicted molar refractivity (Wildman–Crippen MR) is 137 cm³/mol. The molecule has 7 rings (SSSR count). The number of nitrogens with zero attached hydrogens (tertiary/aromatic N) is 6. The topological polar surface area (TPSA) is 104 Å². The Hall–Kier alpha value is -3.46. The second-order valence-electron chi connectivity index (χ2n) is 10.2. The minimum Gasteiger partial charge on any atom is -0.389 e. The minimum absolute atomic E-state index is 0.0700. The number of benzene rings is 1. The van der Waals surface area contributed by atoms with Gasteiger partial charge >= 0.3 is 0 Å². The third-order valence-electron chi connectivity index (χ3n) is 7.95. The van der Waals surface area contributed by atoms with E-state index in [4.69, 9.17) is 10.5 Å². The lowest BCUT2D eigenvalue weighted by molar-refractivity contribution is 0.100. The number of likely N-dealkylation sites (tertiary alicyclic amines) is 1. The lowest BCUT2D eigenvalue weighted by Crippen LogP contribution is -2.68. The van der Waals surface area contributed by atoms with E-state index in [2.05, 4.69) is 31.7 Å². The van der Waals surface area contributed by atoms with E-state index in [-0.39, 0.29) is 56.2 Å². The van der Waals surface area contributed by atoms with Crippen LogP contribution in [-0.4, -0.2) is 51.6 Å². The largest absolute Gasteiger partial charge is 0.389 e. The van der Waals surface area contributed by atoms with Gasteiger partial charge in [-0.05, 0) is 44.0 Å². The molecule has 0 saturated carbocycles. The van der Waals surface area contributed by atoms with Crippen LogP contribution < -0.4 is 10.6 Å². The number of hydrogen-bond acceptors (Lipinski definition) is 9. The van der Waals surface area contributed by atoms with Gasteiger partial charge in [0.15, 0.2) is 11.6 Å². The van der Waals surface area contributed by atoms with E-state index in [0.29, 0.717) is 16.9 Å². The van der Waals surface area contributed by atoms with Gasteiger partial charge in [0.2, 0.25) is 5.95 Å². The first kappa shape index (κ1) is 22.7. The minimum atomic E-state index is -0.602. The van der Waals surface area contributed by atoms with Crippen LogP contribution in [0.1, 0.15) is 36.5 Å². The highest BCUT2D eigenvalue weighted by molar-refractivity contribution is 7.23. The number of halogens is 2. The lowest BCUT2D eigenvalue weighted by Gasteiger charge is -2.53. The van der Waals surface area contributed by atoms with Gasteiger partial charge in [-0.3, -0.25) is 9.88 Å². The zero-order chi connectivity index (χ0) is 25.5. The third-order valence-corrected chi connectivity index (χ3v) is 8.97. The molecule has 3 aliphatic heterocycles. The Morgan fingerprint density at radius 2 is 1.89 bits per heavy atom. The molecule has 0 spiro atoms. The van der Waals surface area contributed by atoms with Gasteiger partial charge in [-0.15, -0.1) is 11.3 Å².